The van der Waals surface area contributed by atoms with Gasteiger partial charge < -0.3 is 9.64 Å². The Morgan fingerprint density at radius 3 is 2.19 bits per heavy atom. The van der Waals surface area contributed by atoms with E-state index in [4.69, 9.17) is 4.74 Å². The summed E-state index contributed by atoms with van der Waals surface area (Å²) in [7, 11) is -2.19. The van der Waals surface area contributed by atoms with Crippen molar-refractivity contribution in [3.8, 4) is 5.75 Å². The summed E-state index contributed by atoms with van der Waals surface area (Å²) >= 11 is 0. The molecule has 1 saturated heterocycles. The molecule has 1 aliphatic rings. The number of sulfonamides is 1. The summed E-state index contributed by atoms with van der Waals surface area (Å²) in [5, 5.41) is 10.7. The summed E-state index contributed by atoms with van der Waals surface area (Å²) in [6.45, 7) is 1.67. The minimum atomic E-state index is -3.64. The number of ether oxygens (including phenoxy) is 1. The highest BCUT2D eigenvalue weighted by Crippen LogP contribution is 2.28. The lowest BCUT2D eigenvalue weighted by molar-refractivity contribution is -0.384. The second-order valence-electron chi connectivity index (χ2n) is 5.82. The van der Waals surface area contributed by atoms with E-state index in [1.54, 1.807) is 30.3 Å². The summed E-state index contributed by atoms with van der Waals surface area (Å²) in [4.78, 5) is 12.5. The van der Waals surface area contributed by atoms with Crippen molar-refractivity contribution in [3.05, 3.63) is 58.6 Å². The number of rotatable bonds is 5. The third-order valence-electron chi connectivity index (χ3n) is 4.35. The van der Waals surface area contributed by atoms with E-state index in [2.05, 4.69) is 0 Å². The molecule has 0 aliphatic carbocycles. The monoisotopic (exact) mass is 377 g/mol. The molecule has 0 amide bonds. The Bertz CT molecular complexity index is 891. The van der Waals surface area contributed by atoms with Crippen molar-refractivity contribution in [1.29, 1.82) is 0 Å². The fourth-order valence-electron chi connectivity index (χ4n) is 2.94. The van der Waals surface area contributed by atoms with Gasteiger partial charge in [-0.15, -0.1) is 0 Å². The second kappa shape index (κ2) is 7.30. The van der Waals surface area contributed by atoms with Crippen molar-refractivity contribution in [2.75, 3.05) is 38.2 Å². The molecule has 0 N–H and O–H groups in total. The molecule has 0 atom stereocenters. The van der Waals surface area contributed by atoms with Gasteiger partial charge >= 0.3 is 0 Å². The van der Waals surface area contributed by atoms with Gasteiger partial charge in [0.1, 0.15) is 10.6 Å². The van der Waals surface area contributed by atoms with Gasteiger partial charge in [0, 0.05) is 44.0 Å². The van der Waals surface area contributed by atoms with Crippen molar-refractivity contribution in [1.82, 2.24) is 4.31 Å². The van der Waals surface area contributed by atoms with Gasteiger partial charge in [-0.25, -0.2) is 8.42 Å². The Kier molecular flexibility index (Phi) is 5.10. The minimum absolute atomic E-state index is 0.0335. The number of non-ortho nitro benzene ring substituents is 1. The van der Waals surface area contributed by atoms with Crippen LogP contribution in [-0.2, 0) is 10.0 Å². The number of nitro benzene ring substituents is 1. The topological polar surface area (TPSA) is 93.0 Å². The standard InChI is InChI=1S/C17H19N3O5S/c1-25-16-4-2-3-5-17(16)26(23,24)19-12-10-18(11-13-19)14-6-8-15(9-7-14)20(21)22/h2-9H,10-13H2,1H3. The lowest BCUT2D eigenvalue weighted by atomic mass is 10.2. The van der Waals surface area contributed by atoms with Gasteiger partial charge in [0.25, 0.3) is 5.69 Å². The Hall–Kier alpha value is -2.65. The Labute approximate surface area is 151 Å². The number of nitro groups is 1. The van der Waals surface area contributed by atoms with Crippen molar-refractivity contribution in [3.63, 3.8) is 0 Å². The quantitative estimate of drug-likeness (QED) is 0.585. The average Bonchev–Trinajstić information content (AvgIpc) is 2.68. The van der Waals surface area contributed by atoms with Gasteiger partial charge in [-0.3, -0.25) is 10.1 Å². The van der Waals surface area contributed by atoms with Crippen molar-refractivity contribution in [2.24, 2.45) is 0 Å². The fraction of sp³-hybridized carbons (Fsp3) is 0.294. The molecule has 0 bridgehead atoms. The first kappa shape index (κ1) is 18.2. The maximum atomic E-state index is 12.9. The molecular formula is C17H19N3O5S. The number of para-hydroxylation sites is 1. The number of nitrogens with zero attached hydrogens (tertiary/aromatic N) is 3. The van der Waals surface area contributed by atoms with Crippen LogP contribution in [0.2, 0.25) is 0 Å². The third-order valence-corrected chi connectivity index (χ3v) is 6.29. The maximum absolute atomic E-state index is 12.9. The lowest BCUT2D eigenvalue weighted by Gasteiger charge is -2.35. The average molecular weight is 377 g/mol. The van der Waals surface area contributed by atoms with E-state index in [1.807, 2.05) is 4.90 Å². The molecular weight excluding hydrogens is 358 g/mol. The number of hydrogen-bond acceptors (Lipinski definition) is 6. The molecule has 0 saturated carbocycles. The van der Waals surface area contributed by atoms with E-state index in [9.17, 15) is 18.5 Å². The predicted molar refractivity (Wildman–Crippen MR) is 97.1 cm³/mol. The van der Waals surface area contributed by atoms with Crippen LogP contribution < -0.4 is 9.64 Å². The van der Waals surface area contributed by atoms with Crippen LogP contribution in [0.4, 0.5) is 11.4 Å². The lowest BCUT2D eigenvalue weighted by Crippen LogP contribution is -2.48. The zero-order valence-electron chi connectivity index (χ0n) is 14.2. The van der Waals surface area contributed by atoms with E-state index in [0.717, 1.165) is 5.69 Å². The smallest absolute Gasteiger partial charge is 0.269 e. The van der Waals surface area contributed by atoms with E-state index in [-0.39, 0.29) is 10.6 Å². The normalized spacial score (nSPS) is 15.7. The van der Waals surface area contributed by atoms with Crippen molar-refractivity contribution >= 4 is 21.4 Å². The molecule has 8 nitrogen and oxygen atoms in total. The first-order valence-electron chi connectivity index (χ1n) is 8.06. The van der Waals surface area contributed by atoms with Gasteiger partial charge in [-0.2, -0.15) is 4.31 Å². The Morgan fingerprint density at radius 2 is 1.62 bits per heavy atom. The molecule has 1 heterocycles. The summed E-state index contributed by atoms with van der Waals surface area (Å²) in [6, 6.07) is 12.8. The van der Waals surface area contributed by atoms with Crippen LogP contribution in [0.1, 0.15) is 0 Å². The molecule has 3 rings (SSSR count). The molecule has 0 radical (unpaired) electrons. The third kappa shape index (κ3) is 3.49. The molecule has 26 heavy (non-hydrogen) atoms. The van der Waals surface area contributed by atoms with Gasteiger partial charge in [0.2, 0.25) is 10.0 Å². The van der Waals surface area contributed by atoms with Crippen molar-refractivity contribution in [2.45, 2.75) is 4.90 Å². The number of hydrogen-bond donors (Lipinski definition) is 0. The maximum Gasteiger partial charge on any atom is 0.269 e. The SMILES string of the molecule is COc1ccccc1S(=O)(=O)N1CCN(c2ccc([N+](=O)[O-])cc2)CC1. The van der Waals surface area contributed by atoms with E-state index in [1.165, 1.54) is 29.6 Å². The minimum Gasteiger partial charge on any atom is -0.495 e. The summed E-state index contributed by atoms with van der Waals surface area (Å²) in [5.41, 5.74) is 0.871. The van der Waals surface area contributed by atoms with Gasteiger partial charge in [-0.05, 0) is 24.3 Å². The van der Waals surface area contributed by atoms with E-state index < -0.39 is 14.9 Å². The predicted octanol–water partition coefficient (Wildman–Crippen LogP) is 2.11. The molecule has 1 fully saturated rings. The van der Waals surface area contributed by atoms with Gasteiger partial charge in [0.15, 0.2) is 0 Å². The molecule has 1 aliphatic heterocycles. The van der Waals surface area contributed by atoms with Crippen LogP contribution in [0.25, 0.3) is 0 Å². The molecule has 9 heteroatoms. The number of piperazine rings is 1. The Balaban J connectivity index is 1.72. The summed E-state index contributed by atoms with van der Waals surface area (Å²) < 4.78 is 32.4. The highest BCUT2D eigenvalue weighted by molar-refractivity contribution is 7.89. The first-order chi connectivity index (χ1) is 12.4. The highest BCUT2D eigenvalue weighted by atomic mass is 32.2. The van der Waals surface area contributed by atoms with Gasteiger partial charge in [0.05, 0.1) is 12.0 Å². The van der Waals surface area contributed by atoms with Crippen molar-refractivity contribution < 1.29 is 18.1 Å². The number of benzene rings is 2. The number of anilines is 1. The largest absolute Gasteiger partial charge is 0.495 e. The fourth-order valence-corrected chi connectivity index (χ4v) is 4.52. The first-order valence-corrected chi connectivity index (χ1v) is 9.50. The van der Waals surface area contributed by atoms with Crippen LogP contribution in [0, 0.1) is 10.1 Å². The molecule has 0 unspecified atom stereocenters. The van der Waals surface area contributed by atoms with E-state index >= 15 is 0 Å². The van der Waals surface area contributed by atoms with Gasteiger partial charge in [-0.1, -0.05) is 12.1 Å². The summed E-state index contributed by atoms with van der Waals surface area (Å²) in [5.74, 6) is 0.324. The zero-order valence-corrected chi connectivity index (χ0v) is 15.1. The molecule has 0 aromatic heterocycles. The number of methoxy groups -OCH3 is 1. The van der Waals surface area contributed by atoms with Crippen LogP contribution in [0.3, 0.4) is 0 Å². The van der Waals surface area contributed by atoms with E-state index in [0.29, 0.717) is 31.9 Å². The molecule has 2 aromatic rings. The second-order valence-corrected chi connectivity index (χ2v) is 7.72. The van der Waals surface area contributed by atoms with Crippen LogP contribution in [0.5, 0.6) is 5.75 Å². The molecule has 2 aromatic carbocycles. The molecule has 138 valence electrons. The summed E-state index contributed by atoms with van der Waals surface area (Å²) in [6.07, 6.45) is 0. The highest BCUT2D eigenvalue weighted by Gasteiger charge is 2.30. The Morgan fingerprint density at radius 1 is 1.00 bits per heavy atom. The van der Waals surface area contributed by atoms with Crippen LogP contribution in [0.15, 0.2) is 53.4 Å². The molecule has 0 spiro atoms. The van der Waals surface area contributed by atoms with Crippen LogP contribution in [-0.4, -0.2) is 50.9 Å². The zero-order chi connectivity index (χ0) is 18.7. The van der Waals surface area contributed by atoms with Crippen LogP contribution >= 0.6 is 0 Å².